The Morgan fingerprint density at radius 1 is 1.65 bits per heavy atom. The Kier molecular flexibility index (Phi) is 5.31. The maximum atomic E-state index is 10.8. The van der Waals surface area contributed by atoms with E-state index in [-0.39, 0.29) is 24.5 Å². The van der Waals surface area contributed by atoms with Crippen LogP contribution in [0.3, 0.4) is 0 Å². The van der Waals surface area contributed by atoms with Gasteiger partial charge in [-0.05, 0) is 6.92 Å². The number of nitrogens with one attached hydrogen (secondary N) is 1. The first kappa shape index (κ1) is 13.3. The number of hydrogen-bond acceptors (Lipinski definition) is 6. The molecule has 0 spiro atoms. The van der Waals surface area contributed by atoms with E-state index in [1.807, 2.05) is 6.92 Å². The van der Waals surface area contributed by atoms with Crippen LogP contribution in [0.1, 0.15) is 17.3 Å². The topological polar surface area (TPSA) is 105 Å². The second kappa shape index (κ2) is 6.77. The quantitative estimate of drug-likeness (QED) is 0.616. The average Bonchev–Trinajstić information content (AvgIpc) is 2.34. The van der Waals surface area contributed by atoms with Crippen LogP contribution >= 0.6 is 0 Å². The Morgan fingerprint density at radius 2 is 2.41 bits per heavy atom. The van der Waals surface area contributed by atoms with Crippen molar-refractivity contribution in [1.29, 1.82) is 0 Å². The SMILES string of the molecule is CCOC[C@@H](O)CNc1ncncc1C(=O)O. The molecule has 94 valence electrons. The summed E-state index contributed by atoms with van der Waals surface area (Å²) >= 11 is 0. The van der Waals surface area contributed by atoms with E-state index in [9.17, 15) is 9.90 Å². The van der Waals surface area contributed by atoms with E-state index in [0.717, 1.165) is 0 Å². The molecule has 0 bridgehead atoms. The molecule has 0 aliphatic heterocycles. The van der Waals surface area contributed by atoms with Gasteiger partial charge >= 0.3 is 5.97 Å². The number of ether oxygens (including phenoxy) is 1. The molecule has 0 aliphatic carbocycles. The molecule has 1 aromatic heterocycles. The number of hydrogen-bond donors (Lipinski definition) is 3. The molecule has 7 heteroatoms. The first-order chi connectivity index (χ1) is 8.15. The van der Waals surface area contributed by atoms with Gasteiger partial charge in [-0.15, -0.1) is 0 Å². The minimum atomic E-state index is -1.12. The van der Waals surface area contributed by atoms with Crippen molar-refractivity contribution in [3.8, 4) is 0 Å². The lowest BCUT2D eigenvalue weighted by Crippen LogP contribution is -2.26. The first-order valence-corrected chi connectivity index (χ1v) is 5.18. The molecule has 1 heterocycles. The monoisotopic (exact) mass is 241 g/mol. The van der Waals surface area contributed by atoms with Gasteiger partial charge in [-0.3, -0.25) is 0 Å². The number of rotatable bonds is 7. The fourth-order valence-electron chi connectivity index (χ4n) is 1.15. The molecule has 1 rings (SSSR count). The standard InChI is InChI=1S/C10H15N3O4/c1-2-17-5-7(14)3-12-9-8(10(15)16)4-11-6-13-9/h4,6-7,14H,2-3,5H2,1H3,(H,15,16)(H,11,12,13)/t7-/m0/s1. The Hall–Kier alpha value is -1.73. The average molecular weight is 241 g/mol. The zero-order valence-electron chi connectivity index (χ0n) is 9.46. The summed E-state index contributed by atoms with van der Waals surface area (Å²) in [7, 11) is 0. The molecule has 7 nitrogen and oxygen atoms in total. The highest BCUT2D eigenvalue weighted by atomic mass is 16.5. The van der Waals surface area contributed by atoms with E-state index in [4.69, 9.17) is 9.84 Å². The Balaban J connectivity index is 2.54. The fourth-order valence-corrected chi connectivity index (χ4v) is 1.15. The van der Waals surface area contributed by atoms with Crippen LogP contribution in [0.5, 0.6) is 0 Å². The summed E-state index contributed by atoms with van der Waals surface area (Å²) in [6.45, 7) is 2.70. The molecular weight excluding hydrogens is 226 g/mol. The van der Waals surface area contributed by atoms with E-state index >= 15 is 0 Å². The molecule has 0 unspecified atom stereocenters. The summed E-state index contributed by atoms with van der Waals surface area (Å²) < 4.78 is 5.02. The van der Waals surface area contributed by atoms with Gasteiger partial charge in [0.15, 0.2) is 0 Å². The largest absolute Gasteiger partial charge is 0.477 e. The molecule has 0 saturated heterocycles. The van der Waals surface area contributed by atoms with E-state index < -0.39 is 12.1 Å². The van der Waals surface area contributed by atoms with Crippen molar-refractivity contribution >= 4 is 11.8 Å². The maximum Gasteiger partial charge on any atom is 0.341 e. The minimum Gasteiger partial charge on any atom is -0.477 e. The molecular formula is C10H15N3O4. The van der Waals surface area contributed by atoms with Gasteiger partial charge in [0.05, 0.1) is 12.7 Å². The smallest absolute Gasteiger partial charge is 0.341 e. The number of anilines is 1. The second-order valence-electron chi connectivity index (χ2n) is 3.28. The van der Waals surface area contributed by atoms with E-state index in [2.05, 4.69) is 15.3 Å². The third kappa shape index (κ3) is 4.33. The van der Waals surface area contributed by atoms with Crippen molar-refractivity contribution in [2.75, 3.05) is 25.1 Å². The number of aliphatic hydroxyl groups is 1. The zero-order valence-corrected chi connectivity index (χ0v) is 9.46. The van der Waals surface area contributed by atoms with Crippen molar-refractivity contribution in [3.05, 3.63) is 18.1 Å². The van der Waals surface area contributed by atoms with Crippen molar-refractivity contribution in [1.82, 2.24) is 9.97 Å². The number of aliphatic hydroxyl groups excluding tert-OH is 1. The Morgan fingerprint density at radius 3 is 3.06 bits per heavy atom. The van der Waals surface area contributed by atoms with Gasteiger partial charge in [-0.25, -0.2) is 14.8 Å². The van der Waals surface area contributed by atoms with Crippen molar-refractivity contribution in [2.45, 2.75) is 13.0 Å². The van der Waals surface area contributed by atoms with Crippen LogP contribution in [0.25, 0.3) is 0 Å². The lowest BCUT2D eigenvalue weighted by atomic mass is 10.3. The molecule has 0 saturated carbocycles. The number of carboxylic acid groups (broad SMARTS) is 1. The van der Waals surface area contributed by atoms with Gasteiger partial charge in [0, 0.05) is 19.3 Å². The molecule has 0 amide bonds. The minimum absolute atomic E-state index is 0.0314. The molecule has 0 aromatic carbocycles. The zero-order chi connectivity index (χ0) is 12.7. The number of aromatic nitrogens is 2. The summed E-state index contributed by atoms with van der Waals surface area (Å²) in [5, 5.41) is 21.1. The first-order valence-electron chi connectivity index (χ1n) is 5.18. The Labute approximate surface area is 98.5 Å². The summed E-state index contributed by atoms with van der Waals surface area (Å²) in [4.78, 5) is 18.3. The molecule has 3 N–H and O–H groups in total. The van der Waals surface area contributed by atoms with Gasteiger partial charge in [-0.2, -0.15) is 0 Å². The number of nitrogens with zero attached hydrogens (tertiary/aromatic N) is 2. The normalized spacial score (nSPS) is 12.1. The molecule has 0 aliphatic rings. The van der Waals surface area contributed by atoms with Gasteiger partial charge in [0.2, 0.25) is 0 Å². The molecule has 17 heavy (non-hydrogen) atoms. The van der Waals surface area contributed by atoms with Crippen LogP contribution in [-0.2, 0) is 4.74 Å². The summed E-state index contributed by atoms with van der Waals surface area (Å²) in [5.41, 5.74) is -0.0314. The summed E-state index contributed by atoms with van der Waals surface area (Å²) in [6.07, 6.45) is 1.72. The van der Waals surface area contributed by atoms with Crippen molar-refractivity contribution in [2.24, 2.45) is 0 Å². The fraction of sp³-hybridized carbons (Fsp3) is 0.500. The van der Waals surface area contributed by atoms with Crippen LogP contribution in [0, 0.1) is 0 Å². The van der Waals surface area contributed by atoms with Crippen LogP contribution in [0.2, 0.25) is 0 Å². The van der Waals surface area contributed by atoms with Gasteiger partial charge in [0.25, 0.3) is 0 Å². The lowest BCUT2D eigenvalue weighted by molar-refractivity contribution is 0.0495. The van der Waals surface area contributed by atoms with E-state index in [0.29, 0.717) is 6.61 Å². The van der Waals surface area contributed by atoms with Gasteiger partial charge < -0.3 is 20.3 Å². The van der Waals surface area contributed by atoms with E-state index in [1.54, 1.807) is 0 Å². The Bertz CT molecular complexity index is 372. The highest BCUT2D eigenvalue weighted by Crippen LogP contribution is 2.09. The van der Waals surface area contributed by atoms with Crippen molar-refractivity contribution < 1.29 is 19.7 Å². The predicted molar refractivity (Wildman–Crippen MR) is 60.0 cm³/mol. The third-order valence-electron chi connectivity index (χ3n) is 1.96. The van der Waals surface area contributed by atoms with Gasteiger partial charge in [-0.1, -0.05) is 0 Å². The third-order valence-corrected chi connectivity index (χ3v) is 1.96. The van der Waals surface area contributed by atoms with Crippen LogP contribution in [-0.4, -0.2) is 52.0 Å². The van der Waals surface area contributed by atoms with Gasteiger partial charge in [0.1, 0.15) is 17.7 Å². The summed E-state index contributed by atoms with van der Waals surface area (Å²) in [6, 6.07) is 0. The van der Waals surface area contributed by atoms with Crippen LogP contribution in [0.15, 0.2) is 12.5 Å². The molecule has 1 aromatic rings. The molecule has 1 atom stereocenters. The number of carbonyl (C=O) groups is 1. The van der Waals surface area contributed by atoms with Crippen LogP contribution in [0.4, 0.5) is 5.82 Å². The maximum absolute atomic E-state index is 10.8. The molecule has 0 radical (unpaired) electrons. The van der Waals surface area contributed by atoms with Crippen LogP contribution < -0.4 is 5.32 Å². The van der Waals surface area contributed by atoms with E-state index in [1.165, 1.54) is 12.5 Å². The van der Waals surface area contributed by atoms with Crippen molar-refractivity contribution in [3.63, 3.8) is 0 Å². The second-order valence-corrected chi connectivity index (χ2v) is 3.28. The lowest BCUT2D eigenvalue weighted by Gasteiger charge is -2.12. The predicted octanol–water partition coefficient (Wildman–Crippen LogP) is -0.0159. The number of carboxylic acids is 1. The highest BCUT2D eigenvalue weighted by Gasteiger charge is 2.12. The summed E-state index contributed by atoms with van der Waals surface area (Å²) in [5.74, 6) is -0.935. The molecule has 0 fully saturated rings. The highest BCUT2D eigenvalue weighted by molar-refractivity contribution is 5.92. The number of aromatic carboxylic acids is 1.